The van der Waals surface area contributed by atoms with Gasteiger partial charge in [0, 0.05) is 25.8 Å². The van der Waals surface area contributed by atoms with Crippen LogP contribution in [-0.2, 0) is 22.9 Å². The van der Waals surface area contributed by atoms with Crippen LogP contribution in [0.5, 0.6) is 0 Å². The van der Waals surface area contributed by atoms with E-state index in [2.05, 4.69) is 29.0 Å². The first-order valence-corrected chi connectivity index (χ1v) is 14.9. The standard InChI is InChI=1S/C28H36F3N3O3S/c1-4-38(36,37)24-11-7-19(8-12-24)14-33-27(35)21-13-22-17-34(26(18(2)3)25(22)32-15-21)16-20-5-9-23(10-6-20)28(29,30)31/h7-8,11-13,15,18,20,23,26H,4-6,9-10,14,16-17H2,1-3H3,(H,33,35)/t20-,23-,26?. The highest BCUT2D eigenvalue weighted by molar-refractivity contribution is 7.91. The minimum atomic E-state index is -4.10. The molecule has 2 heterocycles. The maximum absolute atomic E-state index is 13.1. The summed E-state index contributed by atoms with van der Waals surface area (Å²) in [7, 11) is -3.27. The monoisotopic (exact) mass is 551 g/mol. The fourth-order valence-corrected chi connectivity index (χ4v) is 6.60. The van der Waals surface area contributed by atoms with Gasteiger partial charge in [-0.15, -0.1) is 0 Å². The highest BCUT2D eigenvalue weighted by Crippen LogP contribution is 2.43. The fourth-order valence-electron chi connectivity index (χ4n) is 5.71. The van der Waals surface area contributed by atoms with Crippen LogP contribution in [0.15, 0.2) is 41.4 Å². The van der Waals surface area contributed by atoms with Crippen molar-refractivity contribution in [1.29, 1.82) is 0 Å². The van der Waals surface area contributed by atoms with Gasteiger partial charge in [-0.1, -0.05) is 32.9 Å². The molecule has 1 unspecified atom stereocenters. The first-order valence-electron chi connectivity index (χ1n) is 13.3. The summed E-state index contributed by atoms with van der Waals surface area (Å²) in [6.45, 7) is 7.44. The first kappa shape index (κ1) is 28.5. The van der Waals surface area contributed by atoms with E-state index in [9.17, 15) is 26.4 Å². The molecule has 1 aromatic carbocycles. The summed E-state index contributed by atoms with van der Waals surface area (Å²) in [4.78, 5) is 20.1. The van der Waals surface area contributed by atoms with Crippen molar-refractivity contribution < 1.29 is 26.4 Å². The van der Waals surface area contributed by atoms with Crippen LogP contribution in [0.1, 0.15) is 79.7 Å². The number of pyridine rings is 1. The van der Waals surface area contributed by atoms with Crippen molar-refractivity contribution in [1.82, 2.24) is 15.2 Å². The Morgan fingerprint density at radius 3 is 2.37 bits per heavy atom. The second-order valence-electron chi connectivity index (χ2n) is 10.9. The van der Waals surface area contributed by atoms with Crippen LogP contribution in [0, 0.1) is 17.8 Å². The van der Waals surface area contributed by atoms with Crippen LogP contribution in [-0.4, -0.2) is 42.7 Å². The van der Waals surface area contributed by atoms with Gasteiger partial charge in [0.05, 0.1) is 33.9 Å². The zero-order valence-electron chi connectivity index (χ0n) is 22.1. The van der Waals surface area contributed by atoms with Crippen LogP contribution in [0.4, 0.5) is 13.2 Å². The average Bonchev–Trinajstić information content (AvgIpc) is 3.24. The van der Waals surface area contributed by atoms with Gasteiger partial charge in [0.15, 0.2) is 9.84 Å². The minimum absolute atomic E-state index is 0.0304. The normalized spacial score (nSPS) is 22.4. The van der Waals surface area contributed by atoms with Gasteiger partial charge in [-0.25, -0.2) is 8.42 Å². The molecule has 1 aromatic heterocycles. The Balaban J connectivity index is 1.38. The van der Waals surface area contributed by atoms with Crippen molar-refractivity contribution in [2.45, 2.75) is 76.7 Å². The van der Waals surface area contributed by atoms with Crippen LogP contribution in [0.2, 0.25) is 0 Å². The molecule has 1 N–H and O–H groups in total. The molecule has 2 aliphatic rings. The predicted molar refractivity (Wildman–Crippen MR) is 139 cm³/mol. The quantitative estimate of drug-likeness (QED) is 0.456. The summed E-state index contributed by atoms with van der Waals surface area (Å²) in [5.41, 5.74) is 3.15. The number of hydrogen-bond donors (Lipinski definition) is 1. The molecule has 1 fully saturated rings. The Labute approximate surface area is 222 Å². The maximum Gasteiger partial charge on any atom is 0.391 e. The first-order chi connectivity index (χ1) is 17.9. The third-order valence-electron chi connectivity index (χ3n) is 7.86. The summed E-state index contributed by atoms with van der Waals surface area (Å²) in [6, 6.07) is 8.42. The van der Waals surface area contributed by atoms with Crippen molar-refractivity contribution >= 4 is 15.7 Å². The molecule has 0 radical (unpaired) electrons. The number of benzene rings is 1. The smallest absolute Gasteiger partial charge is 0.348 e. The largest absolute Gasteiger partial charge is 0.391 e. The summed E-state index contributed by atoms with van der Waals surface area (Å²) >= 11 is 0. The number of nitrogens with one attached hydrogen (secondary N) is 1. The van der Waals surface area contributed by atoms with Gasteiger partial charge in [-0.05, 0) is 66.8 Å². The fraction of sp³-hybridized carbons (Fsp3) is 0.571. The van der Waals surface area contributed by atoms with E-state index in [1.165, 1.54) is 0 Å². The predicted octanol–water partition coefficient (Wildman–Crippen LogP) is 5.69. The minimum Gasteiger partial charge on any atom is -0.348 e. The zero-order chi connectivity index (χ0) is 27.7. The Bertz CT molecular complexity index is 1240. The molecule has 0 saturated heterocycles. The molecule has 1 atom stereocenters. The second kappa shape index (κ2) is 11.3. The Morgan fingerprint density at radius 2 is 1.79 bits per heavy atom. The Morgan fingerprint density at radius 1 is 1.13 bits per heavy atom. The number of fused-ring (bicyclic) bond motifs is 1. The molecule has 0 spiro atoms. The number of sulfone groups is 1. The third-order valence-corrected chi connectivity index (χ3v) is 9.61. The molecule has 38 heavy (non-hydrogen) atoms. The summed E-state index contributed by atoms with van der Waals surface area (Å²) in [6.07, 6.45) is -0.974. The number of rotatable bonds is 8. The van der Waals surface area contributed by atoms with Gasteiger partial charge < -0.3 is 5.32 Å². The van der Waals surface area contributed by atoms with E-state index < -0.39 is 21.9 Å². The van der Waals surface area contributed by atoms with E-state index in [1.54, 1.807) is 37.4 Å². The van der Waals surface area contributed by atoms with Crippen LogP contribution in [0.3, 0.4) is 0 Å². The molecule has 10 heteroatoms. The number of carbonyl (C=O) groups excluding carboxylic acids is 1. The molecule has 4 rings (SSSR count). The lowest BCUT2D eigenvalue weighted by Crippen LogP contribution is -2.35. The van der Waals surface area contributed by atoms with Crippen molar-refractivity contribution in [2.24, 2.45) is 17.8 Å². The number of nitrogens with zero attached hydrogens (tertiary/aromatic N) is 2. The summed E-state index contributed by atoms with van der Waals surface area (Å²) in [5.74, 6) is -0.918. The Hall–Kier alpha value is -2.46. The van der Waals surface area contributed by atoms with E-state index >= 15 is 0 Å². The average molecular weight is 552 g/mol. The van der Waals surface area contributed by atoms with E-state index in [0.29, 0.717) is 24.9 Å². The van der Waals surface area contributed by atoms with Crippen molar-refractivity contribution in [2.75, 3.05) is 12.3 Å². The van der Waals surface area contributed by atoms with Gasteiger partial charge >= 0.3 is 6.18 Å². The highest BCUT2D eigenvalue weighted by atomic mass is 32.2. The van der Waals surface area contributed by atoms with Gasteiger partial charge in [-0.3, -0.25) is 14.7 Å². The number of hydrogen-bond acceptors (Lipinski definition) is 5. The molecule has 208 valence electrons. The highest BCUT2D eigenvalue weighted by Gasteiger charge is 2.42. The van der Waals surface area contributed by atoms with E-state index in [1.807, 2.05) is 6.07 Å². The van der Waals surface area contributed by atoms with Crippen molar-refractivity contribution in [3.63, 3.8) is 0 Å². The summed E-state index contributed by atoms with van der Waals surface area (Å²) < 4.78 is 63.2. The van der Waals surface area contributed by atoms with Gasteiger partial charge in [0.2, 0.25) is 0 Å². The molecule has 0 bridgehead atoms. The molecular formula is C28H36F3N3O3S. The number of amides is 1. The summed E-state index contributed by atoms with van der Waals surface area (Å²) in [5, 5.41) is 2.87. The Kier molecular flexibility index (Phi) is 8.52. The van der Waals surface area contributed by atoms with E-state index in [0.717, 1.165) is 23.4 Å². The third kappa shape index (κ3) is 6.39. The number of carbonyl (C=O) groups is 1. The SMILES string of the molecule is CCS(=O)(=O)c1ccc(CNC(=O)c2cnc3c(c2)CN(C[C@H]2CC[C@H](C(F)(F)F)CC2)C3C(C)C)cc1. The molecule has 1 aliphatic heterocycles. The van der Waals surface area contributed by atoms with E-state index in [-0.39, 0.29) is 53.8 Å². The lowest BCUT2D eigenvalue weighted by atomic mass is 9.81. The second-order valence-corrected chi connectivity index (χ2v) is 13.2. The lowest BCUT2D eigenvalue weighted by molar-refractivity contribution is -0.184. The van der Waals surface area contributed by atoms with Gasteiger partial charge in [-0.2, -0.15) is 13.2 Å². The van der Waals surface area contributed by atoms with E-state index in [4.69, 9.17) is 0 Å². The molecule has 2 aromatic rings. The molecule has 1 saturated carbocycles. The van der Waals surface area contributed by atoms with Crippen LogP contribution < -0.4 is 5.32 Å². The van der Waals surface area contributed by atoms with Gasteiger partial charge in [0.25, 0.3) is 5.91 Å². The van der Waals surface area contributed by atoms with Gasteiger partial charge in [0.1, 0.15) is 0 Å². The molecule has 6 nitrogen and oxygen atoms in total. The zero-order valence-corrected chi connectivity index (χ0v) is 22.9. The molecular weight excluding hydrogens is 515 g/mol. The van der Waals surface area contributed by atoms with Crippen molar-refractivity contribution in [3.05, 3.63) is 58.9 Å². The molecule has 1 aliphatic carbocycles. The molecule has 1 amide bonds. The number of aromatic nitrogens is 1. The lowest BCUT2D eigenvalue weighted by Gasteiger charge is -2.35. The number of alkyl halides is 3. The van der Waals surface area contributed by atoms with Crippen LogP contribution in [0.25, 0.3) is 0 Å². The number of halogens is 3. The van der Waals surface area contributed by atoms with Crippen molar-refractivity contribution in [3.8, 4) is 0 Å². The topological polar surface area (TPSA) is 79.4 Å². The maximum atomic E-state index is 13.1. The van der Waals surface area contributed by atoms with Crippen LogP contribution >= 0.6 is 0 Å².